The minimum Gasteiger partial charge on any atom is -0.343 e. The summed E-state index contributed by atoms with van der Waals surface area (Å²) in [5, 5.41) is 2.58. The van der Waals surface area contributed by atoms with E-state index >= 15 is 0 Å². The molecule has 1 heterocycles. The van der Waals surface area contributed by atoms with Crippen LogP contribution < -0.4 is 10.6 Å². The second-order valence-corrected chi connectivity index (χ2v) is 6.87. The number of rotatable bonds is 4. The molecule has 2 N–H and O–H groups in total. The van der Waals surface area contributed by atoms with Gasteiger partial charge in [0.25, 0.3) is 11.8 Å². The average Bonchev–Trinajstić information content (AvgIpc) is 2.60. The van der Waals surface area contributed by atoms with Crippen LogP contribution in [-0.2, 0) is 6.18 Å². The Kier molecular flexibility index (Phi) is 7.10. The Hall–Kier alpha value is -2.24. The normalized spacial score (nSPS) is 11.9. The molecule has 2 rings (SSSR count). The zero-order valence-electron chi connectivity index (χ0n) is 14.2. The standard InChI is InChI=1S/C16H8Cl3F6N3O2/c17-7-2-8(13(29)27-5-15(20,21)22)11(10(19)3-7)28-14(30)12-9(18)1-6(4-26-12)16(23,24)25/h1-4H,5H2,(H,27,29)(H,28,30). The molecule has 162 valence electrons. The summed E-state index contributed by atoms with van der Waals surface area (Å²) in [6.45, 7) is -1.67. The molecule has 0 aliphatic rings. The molecule has 5 nitrogen and oxygen atoms in total. The number of carbonyl (C=O) groups excluding carboxylic acids is 2. The number of aromatic nitrogens is 1. The molecule has 0 radical (unpaired) electrons. The number of nitrogens with zero attached hydrogens (tertiary/aromatic N) is 1. The van der Waals surface area contributed by atoms with Gasteiger partial charge in [0.2, 0.25) is 0 Å². The first-order valence-corrected chi connectivity index (χ1v) is 8.70. The lowest BCUT2D eigenvalue weighted by atomic mass is 10.1. The first-order valence-electron chi connectivity index (χ1n) is 7.57. The second-order valence-electron chi connectivity index (χ2n) is 5.61. The average molecular weight is 495 g/mol. The van der Waals surface area contributed by atoms with Crippen molar-refractivity contribution in [2.45, 2.75) is 12.4 Å². The molecule has 0 saturated heterocycles. The van der Waals surface area contributed by atoms with E-state index in [9.17, 15) is 35.9 Å². The molecule has 30 heavy (non-hydrogen) atoms. The molecule has 1 aromatic heterocycles. The molecule has 2 amide bonds. The number of hydrogen-bond acceptors (Lipinski definition) is 3. The molecule has 0 bridgehead atoms. The predicted octanol–water partition coefficient (Wildman–Crippen LogP) is 5.61. The Morgan fingerprint density at radius 2 is 1.57 bits per heavy atom. The number of alkyl halides is 6. The van der Waals surface area contributed by atoms with Crippen molar-refractivity contribution in [3.63, 3.8) is 0 Å². The van der Waals surface area contributed by atoms with Crippen LogP contribution >= 0.6 is 34.8 Å². The van der Waals surface area contributed by atoms with E-state index in [-0.39, 0.29) is 10.0 Å². The molecular weight excluding hydrogens is 487 g/mol. The minimum atomic E-state index is -4.76. The van der Waals surface area contributed by atoms with Crippen molar-refractivity contribution in [1.82, 2.24) is 10.3 Å². The summed E-state index contributed by atoms with van der Waals surface area (Å²) in [5.74, 6) is -2.43. The van der Waals surface area contributed by atoms with Crippen LogP contribution in [-0.4, -0.2) is 29.5 Å². The molecule has 0 fully saturated rings. The van der Waals surface area contributed by atoms with Gasteiger partial charge in [0.05, 0.1) is 26.9 Å². The van der Waals surface area contributed by atoms with Crippen molar-refractivity contribution in [2.24, 2.45) is 0 Å². The largest absolute Gasteiger partial charge is 0.417 e. The maximum absolute atomic E-state index is 12.7. The third kappa shape index (κ3) is 6.13. The van der Waals surface area contributed by atoms with E-state index in [1.165, 1.54) is 0 Å². The highest BCUT2D eigenvalue weighted by molar-refractivity contribution is 6.38. The summed E-state index contributed by atoms with van der Waals surface area (Å²) >= 11 is 17.4. The van der Waals surface area contributed by atoms with Crippen LogP contribution in [0.1, 0.15) is 26.4 Å². The summed E-state index contributed by atoms with van der Waals surface area (Å²) in [6.07, 6.45) is -9.10. The molecule has 0 aliphatic heterocycles. The molecule has 0 atom stereocenters. The van der Waals surface area contributed by atoms with Crippen molar-refractivity contribution in [3.8, 4) is 0 Å². The molecule has 0 unspecified atom stereocenters. The lowest BCUT2D eigenvalue weighted by molar-refractivity contribution is -0.137. The highest BCUT2D eigenvalue weighted by atomic mass is 35.5. The minimum absolute atomic E-state index is 0.124. The Morgan fingerprint density at radius 1 is 0.933 bits per heavy atom. The fourth-order valence-corrected chi connectivity index (χ4v) is 2.88. The third-order valence-electron chi connectivity index (χ3n) is 3.37. The van der Waals surface area contributed by atoms with Gasteiger partial charge in [-0.2, -0.15) is 26.3 Å². The maximum Gasteiger partial charge on any atom is 0.417 e. The van der Waals surface area contributed by atoms with Gasteiger partial charge in [-0.1, -0.05) is 34.8 Å². The zero-order chi connectivity index (χ0) is 22.9. The number of hydrogen-bond donors (Lipinski definition) is 2. The van der Waals surface area contributed by atoms with Gasteiger partial charge in [0.15, 0.2) is 0 Å². The van der Waals surface area contributed by atoms with Crippen molar-refractivity contribution in [1.29, 1.82) is 0 Å². The summed E-state index contributed by atoms with van der Waals surface area (Å²) in [7, 11) is 0. The van der Waals surface area contributed by atoms with Gasteiger partial charge in [0, 0.05) is 11.2 Å². The summed E-state index contributed by atoms with van der Waals surface area (Å²) < 4.78 is 75.1. The SMILES string of the molecule is O=C(NCC(F)(F)F)c1cc(Cl)cc(Cl)c1NC(=O)c1ncc(C(F)(F)F)cc1Cl. The Labute approximate surface area is 179 Å². The van der Waals surface area contributed by atoms with Crippen LogP contribution in [0, 0.1) is 0 Å². The molecular formula is C16H8Cl3F6N3O2. The first kappa shape index (κ1) is 24.0. The van der Waals surface area contributed by atoms with Crippen LogP contribution in [0.15, 0.2) is 24.4 Å². The molecule has 0 aliphatic carbocycles. The van der Waals surface area contributed by atoms with Crippen LogP contribution in [0.5, 0.6) is 0 Å². The maximum atomic E-state index is 12.7. The third-order valence-corrected chi connectivity index (χ3v) is 4.18. The van der Waals surface area contributed by atoms with E-state index in [2.05, 4.69) is 10.3 Å². The van der Waals surface area contributed by atoms with Gasteiger partial charge in [-0.25, -0.2) is 4.98 Å². The summed E-state index contributed by atoms with van der Waals surface area (Å²) in [4.78, 5) is 27.8. The lowest BCUT2D eigenvalue weighted by Crippen LogP contribution is -2.34. The molecule has 0 spiro atoms. The van der Waals surface area contributed by atoms with Gasteiger partial charge >= 0.3 is 12.4 Å². The van der Waals surface area contributed by atoms with E-state index in [4.69, 9.17) is 34.8 Å². The van der Waals surface area contributed by atoms with Crippen molar-refractivity contribution in [2.75, 3.05) is 11.9 Å². The molecule has 1 aromatic carbocycles. The summed E-state index contributed by atoms with van der Waals surface area (Å²) in [6, 6.07) is 2.49. The van der Waals surface area contributed by atoms with Gasteiger partial charge in [0.1, 0.15) is 12.2 Å². The summed E-state index contributed by atoms with van der Waals surface area (Å²) in [5.41, 5.74) is -2.81. The number of nitrogens with one attached hydrogen (secondary N) is 2. The molecule has 0 saturated carbocycles. The Morgan fingerprint density at radius 3 is 2.10 bits per heavy atom. The second kappa shape index (κ2) is 8.86. The van der Waals surface area contributed by atoms with Gasteiger partial charge < -0.3 is 10.6 Å². The number of halogens is 9. The first-order chi connectivity index (χ1) is 13.7. The fourth-order valence-electron chi connectivity index (χ4n) is 2.09. The Balaban J connectivity index is 2.36. The van der Waals surface area contributed by atoms with Crippen LogP contribution in [0.2, 0.25) is 15.1 Å². The number of amides is 2. The van der Waals surface area contributed by atoms with E-state index in [1.54, 1.807) is 5.32 Å². The highest BCUT2D eigenvalue weighted by Crippen LogP contribution is 2.33. The van der Waals surface area contributed by atoms with Crippen molar-refractivity contribution in [3.05, 3.63) is 56.3 Å². The lowest BCUT2D eigenvalue weighted by Gasteiger charge is -2.15. The van der Waals surface area contributed by atoms with Crippen molar-refractivity contribution < 1.29 is 35.9 Å². The van der Waals surface area contributed by atoms with Crippen molar-refractivity contribution >= 4 is 52.3 Å². The van der Waals surface area contributed by atoms with Gasteiger partial charge in [-0.05, 0) is 18.2 Å². The molecule has 2 aromatic rings. The monoisotopic (exact) mass is 493 g/mol. The van der Waals surface area contributed by atoms with Crippen LogP contribution in [0.3, 0.4) is 0 Å². The topological polar surface area (TPSA) is 71.1 Å². The predicted molar refractivity (Wildman–Crippen MR) is 97.1 cm³/mol. The van der Waals surface area contributed by atoms with E-state index in [0.29, 0.717) is 12.3 Å². The smallest absolute Gasteiger partial charge is 0.343 e. The van der Waals surface area contributed by atoms with Crippen LogP contribution in [0.4, 0.5) is 32.0 Å². The number of carbonyl (C=O) groups is 2. The number of benzene rings is 1. The van der Waals surface area contributed by atoms with E-state index < -0.39 is 58.2 Å². The van der Waals surface area contributed by atoms with Gasteiger partial charge in [-0.15, -0.1) is 0 Å². The number of anilines is 1. The zero-order valence-corrected chi connectivity index (χ0v) is 16.4. The quantitative estimate of drug-likeness (QED) is 0.543. The Bertz CT molecular complexity index is 995. The fraction of sp³-hybridized carbons (Fsp3) is 0.188. The highest BCUT2D eigenvalue weighted by Gasteiger charge is 2.32. The van der Waals surface area contributed by atoms with Gasteiger partial charge in [-0.3, -0.25) is 9.59 Å². The molecule has 14 heteroatoms. The number of pyridine rings is 1. The van der Waals surface area contributed by atoms with E-state index in [0.717, 1.165) is 12.1 Å². The van der Waals surface area contributed by atoms with Crippen LogP contribution in [0.25, 0.3) is 0 Å². The van der Waals surface area contributed by atoms with E-state index in [1.807, 2.05) is 0 Å².